The van der Waals surface area contributed by atoms with E-state index in [2.05, 4.69) is 54.0 Å². The number of hydrogen-bond donors (Lipinski definition) is 2. The lowest BCUT2D eigenvalue weighted by atomic mass is 10.0. The average molecular weight is 413 g/mol. The zero-order valence-corrected chi connectivity index (χ0v) is 17.4. The minimum atomic E-state index is -0.424. The van der Waals surface area contributed by atoms with Crippen LogP contribution in [0.5, 0.6) is 0 Å². The molecule has 28 heavy (non-hydrogen) atoms. The Morgan fingerprint density at radius 2 is 2.07 bits per heavy atom. The molecule has 7 heteroatoms. The molecule has 0 aliphatic rings. The fourth-order valence-electron chi connectivity index (χ4n) is 3.06. The lowest BCUT2D eigenvalue weighted by Crippen LogP contribution is -2.84. The number of nitrogens with zero attached hydrogens (tertiary/aromatic N) is 1. The van der Waals surface area contributed by atoms with Crippen LogP contribution in [0.1, 0.15) is 49.8 Å². The number of rotatable bonds is 7. The van der Waals surface area contributed by atoms with Crippen molar-refractivity contribution in [3.05, 3.63) is 73.8 Å². The number of benzene rings is 1. The van der Waals surface area contributed by atoms with Gasteiger partial charge in [-0.1, -0.05) is 35.9 Å². The maximum atomic E-state index is 12.3. The number of nitrogens with two attached hydrogens (primary N) is 2. The molecule has 0 saturated heterocycles. The molecule has 3 rings (SSSR count). The topological polar surface area (TPSA) is 92.7 Å². The molecule has 2 heterocycles. The maximum absolute atomic E-state index is 12.3. The second-order valence-corrected chi connectivity index (χ2v) is 8.36. The Hall–Kier alpha value is -2.66. The predicted octanol–water partition coefficient (Wildman–Crippen LogP) is 3.60. The van der Waals surface area contributed by atoms with E-state index >= 15 is 0 Å². The molecular formula is C21H22N3O2S2+. The van der Waals surface area contributed by atoms with Gasteiger partial charge in [-0.05, 0) is 25.3 Å². The first-order valence-corrected chi connectivity index (χ1v) is 10.7. The van der Waals surface area contributed by atoms with Crippen molar-refractivity contribution in [2.75, 3.05) is 12.3 Å². The van der Waals surface area contributed by atoms with Crippen LogP contribution in [0.2, 0.25) is 0 Å². The molecule has 1 aromatic carbocycles. The smallest absolute Gasteiger partial charge is 0.348 e. The third-order valence-corrected chi connectivity index (χ3v) is 6.45. The van der Waals surface area contributed by atoms with Crippen LogP contribution in [-0.2, 0) is 11.3 Å². The summed E-state index contributed by atoms with van der Waals surface area (Å²) in [4.78, 5) is 14.0. The van der Waals surface area contributed by atoms with Gasteiger partial charge in [-0.2, -0.15) is 5.26 Å². The molecule has 0 bridgehead atoms. The third-order valence-electron chi connectivity index (χ3n) is 4.45. The zero-order chi connectivity index (χ0) is 20.1. The summed E-state index contributed by atoms with van der Waals surface area (Å²) in [5.41, 5.74) is 9.39. The minimum absolute atomic E-state index is 0.0725. The van der Waals surface area contributed by atoms with Gasteiger partial charge >= 0.3 is 5.97 Å². The van der Waals surface area contributed by atoms with Crippen molar-refractivity contribution in [3.8, 4) is 6.07 Å². The van der Waals surface area contributed by atoms with Gasteiger partial charge in [0.05, 0.1) is 22.6 Å². The van der Waals surface area contributed by atoms with Crippen molar-refractivity contribution in [1.29, 1.82) is 5.26 Å². The molecule has 0 unspecified atom stereocenters. The van der Waals surface area contributed by atoms with E-state index in [9.17, 15) is 10.1 Å². The van der Waals surface area contributed by atoms with E-state index < -0.39 is 5.97 Å². The van der Waals surface area contributed by atoms with Gasteiger partial charge in [0.1, 0.15) is 28.5 Å². The highest BCUT2D eigenvalue weighted by Crippen LogP contribution is 2.31. The van der Waals surface area contributed by atoms with Crippen molar-refractivity contribution in [2.24, 2.45) is 0 Å². The van der Waals surface area contributed by atoms with Crippen LogP contribution >= 0.6 is 22.7 Å². The highest BCUT2D eigenvalue weighted by molar-refractivity contribution is 7.18. The number of thiophene rings is 2. The lowest BCUT2D eigenvalue weighted by Gasteiger charge is -2.15. The molecule has 4 N–H and O–H groups in total. The van der Waals surface area contributed by atoms with E-state index in [4.69, 9.17) is 10.5 Å². The number of anilines is 1. The molecule has 0 aliphatic heterocycles. The second-order valence-electron chi connectivity index (χ2n) is 6.32. The van der Waals surface area contributed by atoms with E-state index in [0.717, 1.165) is 11.3 Å². The zero-order valence-electron chi connectivity index (χ0n) is 15.8. The summed E-state index contributed by atoms with van der Waals surface area (Å²) >= 11 is 2.81. The van der Waals surface area contributed by atoms with Crippen LogP contribution in [0.3, 0.4) is 0 Å². The molecule has 2 aromatic heterocycles. The van der Waals surface area contributed by atoms with Crippen molar-refractivity contribution >= 4 is 33.6 Å². The Labute approximate surface area is 172 Å². The molecule has 0 radical (unpaired) electrons. The molecular weight excluding hydrogens is 390 g/mol. The summed E-state index contributed by atoms with van der Waals surface area (Å²) in [6.45, 7) is 4.56. The van der Waals surface area contributed by atoms with Crippen LogP contribution in [0.4, 0.5) is 5.00 Å². The Bertz CT molecular complexity index is 986. The Balaban J connectivity index is 1.93. The molecule has 0 fully saturated rings. The van der Waals surface area contributed by atoms with Crippen molar-refractivity contribution in [1.82, 2.24) is 0 Å². The van der Waals surface area contributed by atoms with Gasteiger partial charge in [0.25, 0.3) is 0 Å². The second kappa shape index (κ2) is 9.02. The Morgan fingerprint density at radius 1 is 1.32 bits per heavy atom. The molecule has 3 aromatic rings. The number of carbonyl (C=O) groups is 1. The quantitative estimate of drug-likeness (QED) is 0.580. The fraction of sp³-hybridized carbons (Fsp3) is 0.238. The van der Waals surface area contributed by atoms with Gasteiger partial charge in [0.2, 0.25) is 0 Å². The summed E-state index contributed by atoms with van der Waals surface area (Å²) in [5, 5.41) is 14.1. The normalized spacial score (nSPS) is 11.8. The van der Waals surface area contributed by atoms with Crippen LogP contribution in [0.25, 0.3) is 0 Å². The third kappa shape index (κ3) is 4.25. The van der Waals surface area contributed by atoms with Crippen LogP contribution in [0, 0.1) is 18.3 Å². The largest absolute Gasteiger partial charge is 0.462 e. The summed E-state index contributed by atoms with van der Waals surface area (Å²) in [5.74, 6) is -0.424. The highest BCUT2D eigenvalue weighted by Gasteiger charge is 2.26. The fourth-order valence-corrected chi connectivity index (χ4v) is 4.85. The lowest BCUT2D eigenvalue weighted by molar-refractivity contribution is -0.701. The molecule has 5 nitrogen and oxygen atoms in total. The summed E-state index contributed by atoms with van der Waals surface area (Å²) < 4.78 is 5.15. The monoisotopic (exact) mass is 412 g/mol. The molecule has 0 amide bonds. The first-order valence-electron chi connectivity index (χ1n) is 8.96. The average Bonchev–Trinajstić information content (AvgIpc) is 3.31. The van der Waals surface area contributed by atoms with E-state index in [-0.39, 0.29) is 12.6 Å². The number of carbonyl (C=O) groups excluding carboxylic acids is 1. The predicted molar refractivity (Wildman–Crippen MR) is 112 cm³/mol. The van der Waals surface area contributed by atoms with Crippen LogP contribution in [0.15, 0.2) is 41.8 Å². The van der Waals surface area contributed by atoms with Gasteiger partial charge in [-0.3, -0.25) is 0 Å². The number of ether oxygens (including phenoxy) is 1. The van der Waals surface area contributed by atoms with Gasteiger partial charge < -0.3 is 15.8 Å². The molecule has 0 saturated carbocycles. The van der Waals surface area contributed by atoms with Crippen LogP contribution in [-0.4, -0.2) is 12.6 Å². The molecule has 0 aliphatic carbocycles. The van der Waals surface area contributed by atoms with Gasteiger partial charge in [0.15, 0.2) is 0 Å². The summed E-state index contributed by atoms with van der Waals surface area (Å²) in [6.07, 6.45) is 0. The highest BCUT2D eigenvalue weighted by atomic mass is 32.1. The Morgan fingerprint density at radius 3 is 2.68 bits per heavy atom. The SMILES string of the molecule is CCOC(=O)c1sc(N)c(C#N)c1C[NH2+][C@H](c1ccc(C)cc1)c1cccs1. The number of nitriles is 1. The number of hydrogen-bond acceptors (Lipinski definition) is 6. The number of aryl methyl sites for hydroxylation is 1. The van der Waals surface area contributed by atoms with Crippen molar-refractivity contribution in [2.45, 2.75) is 26.4 Å². The van der Waals surface area contributed by atoms with Crippen LogP contribution < -0.4 is 11.1 Å². The van der Waals surface area contributed by atoms with Gasteiger partial charge in [-0.15, -0.1) is 22.7 Å². The molecule has 1 atom stereocenters. The summed E-state index contributed by atoms with van der Waals surface area (Å²) in [6, 6.07) is 14.8. The number of nitrogen functional groups attached to an aromatic ring is 1. The first-order chi connectivity index (χ1) is 13.5. The maximum Gasteiger partial charge on any atom is 0.348 e. The van der Waals surface area contributed by atoms with Gasteiger partial charge in [0, 0.05) is 5.56 Å². The Kier molecular flexibility index (Phi) is 6.47. The minimum Gasteiger partial charge on any atom is -0.462 e. The standard InChI is InChI=1S/C21H21N3O2S2/c1-3-26-21(25)19-16(15(11-22)20(23)28-19)12-24-18(17-5-4-10-27-17)14-8-6-13(2)7-9-14/h4-10,18,24H,3,12,23H2,1-2H3/p+1/t18-/m1/s1. The van der Waals surface area contributed by atoms with E-state index in [1.165, 1.54) is 16.0 Å². The molecule has 0 spiro atoms. The molecule has 144 valence electrons. The number of quaternary nitrogens is 1. The van der Waals surface area contributed by atoms with E-state index in [0.29, 0.717) is 27.5 Å². The van der Waals surface area contributed by atoms with E-state index in [1.54, 1.807) is 18.3 Å². The number of esters is 1. The van der Waals surface area contributed by atoms with Gasteiger partial charge in [-0.25, -0.2) is 4.79 Å². The summed E-state index contributed by atoms with van der Waals surface area (Å²) in [7, 11) is 0. The first kappa shape index (κ1) is 20.1. The van der Waals surface area contributed by atoms with E-state index in [1.807, 2.05) is 6.07 Å². The van der Waals surface area contributed by atoms with Crippen molar-refractivity contribution < 1.29 is 14.8 Å². The van der Waals surface area contributed by atoms with Crippen molar-refractivity contribution in [3.63, 3.8) is 0 Å².